The number of amides is 1. The lowest BCUT2D eigenvalue weighted by molar-refractivity contribution is -0.118. The Morgan fingerprint density at radius 3 is 2.38 bits per heavy atom. The van der Waals surface area contributed by atoms with E-state index in [9.17, 15) is 13.2 Å². The van der Waals surface area contributed by atoms with Gasteiger partial charge < -0.3 is 10.1 Å². The number of hydrogen-bond donors (Lipinski definition) is 2. The van der Waals surface area contributed by atoms with Crippen LogP contribution < -0.4 is 14.8 Å². The Morgan fingerprint density at radius 1 is 1.03 bits per heavy atom. The van der Waals surface area contributed by atoms with Gasteiger partial charge in [0, 0.05) is 11.1 Å². The average molecular weight is 457 g/mol. The fourth-order valence-corrected chi connectivity index (χ4v) is 4.91. The molecule has 1 amide bonds. The van der Waals surface area contributed by atoms with Crippen LogP contribution in [0.15, 0.2) is 47.4 Å². The standard InChI is InChI=1S/C20H22Cl2N2O4S/c21-14-6-11-19(18(22)12-14)23-20(25)13-28-16-7-9-17(10-8-16)29(26,27)24-15-4-2-1-3-5-15/h6-12,15,24H,1-5,13H2,(H,23,25). The summed E-state index contributed by atoms with van der Waals surface area (Å²) in [6.07, 6.45) is 4.98. The molecule has 0 spiro atoms. The van der Waals surface area contributed by atoms with Crippen molar-refractivity contribution in [1.29, 1.82) is 0 Å². The van der Waals surface area contributed by atoms with Crippen molar-refractivity contribution >= 4 is 44.8 Å². The Hall–Kier alpha value is -1.80. The first-order valence-corrected chi connectivity index (χ1v) is 11.6. The van der Waals surface area contributed by atoms with Crippen LogP contribution in [0.25, 0.3) is 0 Å². The van der Waals surface area contributed by atoms with Gasteiger partial charge in [0.15, 0.2) is 6.61 Å². The van der Waals surface area contributed by atoms with Crippen molar-refractivity contribution < 1.29 is 17.9 Å². The lowest BCUT2D eigenvalue weighted by Crippen LogP contribution is -2.36. The molecule has 1 saturated carbocycles. The van der Waals surface area contributed by atoms with Crippen LogP contribution in [-0.2, 0) is 14.8 Å². The molecular weight excluding hydrogens is 435 g/mol. The number of hydrogen-bond acceptors (Lipinski definition) is 4. The van der Waals surface area contributed by atoms with Crippen LogP contribution >= 0.6 is 23.2 Å². The number of rotatable bonds is 7. The monoisotopic (exact) mass is 456 g/mol. The van der Waals surface area contributed by atoms with Gasteiger partial charge in [-0.1, -0.05) is 42.5 Å². The topological polar surface area (TPSA) is 84.5 Å². The summed E-state index contributed by atoms with van der Waals surface area (Å²) in [5.74, 6) is -0.0103. The zero-order valence-corrected chi connectivity index (χ0v) is 18.0. The Labute approximate surface area is 180 Å². The minimum Gasteiger partial charge on any atom is -0.484 e. The summed E-state index contributed by atoms with van der Waals surface area (Å²) in [7, 11) is -3.57. The molecule has 2 aromatic carbocycles. The van der Waals surface area contributed by atoms with Gasteiger partial charge in [0.25, 0.3) is 5.91 Å². The number of benzene rings is 2. The predicted octanol–water partition coefficient (Wildman–Crippen LogP) is 4.62. The van der Waals surface area contributed by atoms with E-state index in [1.165, 1.54) is 30.3 Å². The molecule has 156 valence electrons. The first-order chi connectivity index (χ1) is 13.8. The number of anilines is 1. The van der Waals surface area contributed by atoms with Crippen molar-refractivity contribution in [3.05, 3.63) is 52.5 Å². The molecule has 0 bridgehead atoms. The Bertz CT molecular complexity index is 959. The van der Waals surface area contributed by atoms with Crippen molar-refractivity contribution in [3.8, 4) is 5.75 Å². The summed E-state index contributed by atoms with van der Waals surface area (Å²) >= 11 is 11.8. The molecule has 0 atom stereocenters. The quantitative estimate of drug-likeness (QED) is 0.636. The largest absolute Gasteiger partial charge is 0.484 e. The zero-order chi connectivity index (χ0) is 20.9. The van der Waals surface area contributed by atoms with Gasteiger partial charge in [-0.15, -0.1) is 0 Å². The summed E-state index contributed by atoms with van der Waals surface area (Å²) in [6, 6.07) is 10.7. The second-order valence-electron chi connectivity index (χ2n) is 6.89. The van der Waals surface area contributed by atoms with Crippen LogP contribution in [0.2, 0.25) is 10.0 Å². The molecule has 0 aromatic heterocycles. The molecule has 6 nitrogen and oxygen atoms in total. The van der Waals surface area contributed by atoms with E-state index >= 15 is 0 Å². The number of nitrogens with one attached hydrogen (secondary N) is 2. The van der Waals surface area contributed by atoms with Gasteiger partial charge in [0.2, 0.25) is 10.0 Å². The van der Waals surface area contributed by atoms with Crippen LogP contribution in [0.1, 0.15) is 32.1 Å². The second kappa shape index (κ2) is 9.80. The van der Waals surface area contributed by atoms with Crippen molar-refractivity contribution in [3.63, 3.8) is 0 Å². The van der Waals surface area contributed by atoms with Gasteiger partial charge in [-0.3, -0.25) is 4.79 Å². The van der Waals surface area contributed by atoms with E-state index in [0.29, 0.717) is 21.5 Å². The van der Waals surface area contributed by atoms with Crippen molar-refractivity contribution in [1.82, 2.24) is 4.72 Å². The zero-order valence-electron chi connectivity index (χ0n) is 15.7. The maximum absolute atomic E-state index is 12.5. The fraction of sp³-hybridized carbons (Fsp3) is 0.350. The molecule has 0 radical (unpaired) electrons. The van der Waals surface area contributed by atoms with E-state index in [4.69, 9.17) is 27.9 Å². The van der Waals surface area contributed by atoms with E-state index in [1.54, 1.807) is 12.1 Å². The molecule has 29 heavy (non-hydrogen) atoms. The van der Waals surface area contributed by atoms with E-state index in [2.05, 4.69) is 10.0 Å². The molecule has 0 unspecified atom stereocenters. The molecule has 1 aliphatic carbocycles. The van der Waals surface area contributed by atoms with Crippen LogP contribution in [0.5, 0.6) is 5.75 Å². The summed E-state index contributed by atoms with van der Waals surface area (Å²) in [5, 5.41) is 3.42. The van der Waals surface area contributed by atoms with Crippen LogP contribution in [-0.4, -0.2) is 27.0 Å². The lowest BCUT2D eigenvalue weighted by Gasteiger charge is -2.22. The van der Waals surface area contributed by atoms with E-state index in [1.807, 2.05) is 0 Å². The highest BCUT2D eigenvalue weighted by Gasteiger charge is 2.21. The highest BCUT2D eigenvalue weighted by Crippen LogP contribution is 2.25. The Kier molecular flexibility index (Phi) is 7.40. The molecule has 1 aliphatic rings. The van der Waals surface area contributed by atoms with Gasteiger partial charge in [0.05, 0.1) is 15.6 Å². The normalized spacial score (nSPS) is 15.1. The lowest BCUT2D eigenvalue weighted by atomic mass is 9.96. The minimum absolute atomic E-state index is 0.00642. The van der Waals surface area contributed by atoms with Gasteiger partial charge in [0.1, 0.15) is 5.75 Å². The third-order valence-electron chi connectivity index (χ3n) is 4.64. The van der Waals surface area contributed by atoms with Crippen LogP contribution in [0.3, 0.4) is 0 Å². The maximum Gasteiger partial charge on any atom is 0.262 e. The average Bonchev–Trinajstić information content (AvgIpc) is 2.69. The predicted molar refractivity (Wildman–Crippen MR) is 114 cm³/mol. The molecule has 0 heterocycles. The smallest absolute Gasteiger partial charge is 0.262 e. The molecule has 0 aliphatic heterocycles. The van der Waals surface area contributed by atoms with Crippen molar-refractivity contribution in [2.24, 2.45) is 0 Å². The highest BCUT2D eigenvalue weighted by molar-refractivity contribution is 7.89. The summed E-state index contributed by atoms with van der Waals surface area (Å²) in [5.41, 5.74) is 0.430. The SMILES string of the molecule is O=C(COc1ccc(S(=O)(=O)NC2CCCCC2)cc1)Nc1ccc(Cl)cc1Cl. The molecule has 1 fully saturated rings. The fourth-order valence-electron chi connectivity index (χ4n) is 3.15. The van der Waals surface area contributed by atoms with E-state index < -0.39 is 15.9 Å². The van der Waals surface area contributed by atoms with E-state index in [0.717, 1.165) is 32.1 Å². The Balaban J connectivity index is 1.53. The molecule has 3 rings (SSSR count). The number of carbonyl (C=O) groups is 1. The van der Waals surface area contributed by atoms with Crippen LogP contribution in [0.4, 0.5) is 5.69 Å². The number of ether oxygens (including phenoxy) is 1. The first-order valence-electron chi connectivity index (χ1n) is 9.33. The van der Waals surface area contributed by atoms with Gasteiger partial charge in [-0.25, -0.2) is 13.1 Å². The van der Waals surface area contributed by atoms with E-state index in [-0.39, 0.29) is 17.5 Å². The number of sulfonamides is 1. The highest BCUT2D eigenvalue weighted by atomic mass is 35.5. The summed E-state index contributed by atoms with van der Waals surface area (Å²) < 4.78 is 33.2. The molecule has 9 heteroatoms. The molecule has 0 saturated heterocycles. The maximum atomic E-state index is 12.5. The molecule has 2 N–H and O–H groups in total. The van der Waals surface area contributed by atoms with Gasteiger partial charge in [-0.05, 0) is 55.3 Å². The summed E-state index contributed by atoms with van der Waals surface area (Å²) in [6.45, 7) is -0.245. The van der Waals surface area contributed by atoms with Crippen molar-refractivity contribution in [2.45, 2.75) is 43.0 Å². The second-order valence-corrected chi connectivity index (χ2v) is 9.45. The third kappa shape index (κ3) is 6.34. The molecule has 2 aromatic rings. The number of carbonyl (C=O) groups excluding carboxylic acids is 1. The Morgan fingerprint density at radius 2 is 1.72 bits per heavy atom. The molecular formula is C20H22Cl2N2O4S. The minimum atomic E-state index is -3.57. The first kappa shape index (κ1) is 21.9. The van der Waals surface area contributed by atoms with Gasteiger partial charge in [-0.2, -0.15) is 0 Å². The van der Waals surface area contributed by atoms with Crippen molar-refractivity contribution in [2.75, 3.05) is 11.9 Å². The van der Waals surface area contributed by atoms with Crippen LogP contribution in [0, 0.1) is 0 Å². The van der Waals surface area contributed by atoms with Gasteiger partial charge >= 0.3 is 0 Å². The third-order valence-corrected chi connectivity index (χ3v) is 6.72. The summed E-state index contributed by atoms with van der Waals surface area (Å²) in [4.78, 5) is 12.2. The number of halogens is 2.